The summed E-state index contributed by atoms with van der Waals surface area (Å²) >= 11 is 0. The molecule has 5 heteroatoms. The maximum Gasteiger partial charge on any atom is 0.264 e. The lowest BCUT2D eigenvalue weighted by Gasteiger charge is -2.12. The molecule has 100 valence electrons. The molecule has 0 aliphatic carbocycles. The fourth-order valence-corrected chi connectivity index (χ4v) is 2.19. The van der Waals surface area contributed by atoms with Gasteiger partial charge in [-0.15, -0.1) is 0 Å². The van der Waals surface area contributed by atoms with Crippen molar-refractivity contribution in [2.45, 2.75) is 0 Å². The maximum absolute atomic E-state index is 13.8. The van der Waals surface area contributed by atoms with E-state index in [2.05, 4.69) is 0 Å². The zero-order chi connectivity index (χ0) is 14.3. The third-order valence-electron chi connectivity index (χ3n) is 3.11. The summed E-state index contributed by atoms with van der Waals surface area (Å²) in [7, 11) is 0. The van der Waals surface area contributed by atoms with Crippen molar-refractivity contribution in [3.8, 4) is 5.69 Å². The Labute approximate surface area is 112 Å². The summed E-state index contributed by atoms with van der Waals surface area (Å²) in [6.45, 7) is 0. The van der Waals surface area contributed by atoms with Crippen molar-refractivity contribution >= 4 is 16.6 Å². The number of rotatable bonds is 1. The number of benzene rings is 2. The van der Waals surface area contributed by atoms with E-state index in [0.717, 1.165) is 16.7 Å². The molecule has 0 aliphatic rings. The molecule has 0 unspecified atom stereocenters. The zero-order valence-electron chi connectivity index (χ0n) is 10.3. The number of nitrogens with zero attached hydrogens (tertiary/aromatic N) is 1. The van der Waals surface area contributed by atoms with Gasteiger partial charge in [-0.3, -0.25) is 9.36 Å². The van der Waals surface area contributed by atoms with E-state index in [1.165, 1.54) is 6.07 Å². The van der Waals surface area contributed by atoms with E-state index < -0.39 is 17.2 Å². The van der Waals surface area contributed by atoms with E-state index >= 15 is 0 Å². The summed E-state index contributed by atoms with van der Waals surface area (Å²) in [5.41, 5.74) is 5.32. The first kappa shape index (κ1) is 12.3. The number of aromatic nitrogens is 1. The van der Waals surface area contributed by atoms with Gasteiger partial charge in [-0.1, -0.05) is 18.2 Å². The Morgan fingerprint density at radius 3 is 2.50 bits per heavy atom. The Bertz CT molecular complexity index is 871. The number of hydrogen-bond donors (Lipinski definition) is 1. The van der Waals surface area contributed by atoms with Gasteiger partial charge in [0.05, 0.1) is 5.69 Å². The molecular formula is C15H10F2N2O. The van der Waals surface area contributed by atoms with Gasteiger partial charge in [0, 0.05) is 11.5 Å². The molecule has 0 spiro atoms. The van der Waals surface area contributed by atoms with Gasteiger partial charge in [0.25, 0.3) is 5.56 Å². The smallest absolute Gasteiger partial charge is 0.264 e. The van der Waals surface area contributed by atoms with Crippen LogP contribution in [0.4, 0.5) is 14.6 Å². The van der Waals surface area contributed by atoms with E-state index in [-0.39, 0.29) is 11.5 Å². The molecule has 1 aromatic heterocycles. The molecule has 0 saturated carbocycles. The van der Waals surface area contributed by atoms with Crippen molar-refractivity contribution in [1.29, 1.82) is 0 Å². The molecule has 3 aromatic rings. The van der Waals surface area contributed by atoms with E-state index in [1.807, 2.05) is 0 Å². The summed E-state index contributed by atoms with van der Waals surface area (Å²) in [6, 6.07) is 11.5. The normalized spacial score (nSPS) is 10.9. The first-order chi connectivity index (χ1) is 9.58. The lowest BCUT2D eigenvalue weighted by atomic mass is 10.1. The van der Waals surface area contributed by atoms with Crippen LogP contribution in [0.25, 0.3) is 16.5 Å². The van der Waals surface area contributed by atoms with Crippen LogP contribution in [0.15, 0.2) is 53.3 Å². The third-order valence-corrected chi connectivity index (χ3v) is 3.11. The molecule has 0 aliphatic heterocycles. The molecule has 0 saturated heterocycles. The molecule has 2 aromatic carbocycles. The molecule has 0 amide bonds. The Hall–Kier alpha value is -2.69. The molecule has 3 rings (SSSR count). The van der Waals surface area contributed by atoms with E-state index in [0.29, 0.717) is 10.8 Å². The van der Waals surface area contributed by atoms with Crippen LogP contribution in [0.5, 0.6) is 0 Å². The molecule has 3 nitrogen and oxygen atoms in total. The number of halogens is 2. The van der Waals surface area contributed by atoms with Gasteiger partial charge in [-0.2, -0.15) is 0 Å². The van der Waals surface area contributed by atoms with Crippen molar-refractivity contribution in [2.75, 3.05) is 5.73 Å². The van der Waals surface area contributed by atoms with E-state index in [4.69, 9.17) is 5.73 Å². The lowest BCUT2D eigenvalue weighted by Crippen LogP contribution is -2.22. The van der Waals surface area contributed by atoms with Crippen LogP contribution in [0, 0.1) is 11.6 Å². The van der Waals surface area contributed by atoms with E-state index in [1.54, 1.807) is 30.3 Å². The van der Waals surface area contributed by atoms with Crippen LogP contribution in [0.2, 0.25) is 0 Å². The number of nitrogens with two attached hydrogens (primary N) is 1. The topological polar surface area (TPSA) is 48.0 Å². The highest BCUT2D eigenvalue weighted by molar-refractivity contribution is 5.84. The molecule has 2 N–H and O–H groups in total. The second-order valence-electron chi connectivity index (χ2n) is 4.39. The van der Waals surface area contributed by atoms with Crippen LogP contribution in [0.1, 0.15) is 0 Å². The number of nitrogen functional groups attached to an aromatic ring is 1. The van der Waals surface area contributed by atoms with Crippen LogP contribution in [0.3, 0.4) is 0 Å². The molecular weight excluding hydrogens is 262 g/mol. The van der Waals surface area contributed by atoms with Crippen LogP contribution in [-0.4, -0.2) is 4.57 Å². The highest BCUT2D eigenvalue weighted by Gasteiger charge is 2.12. The monoisotopic (exact) mass is 272 g/mol. The highest BCUT2D eigenvalue weighted by Crippen LogP contribution is 2.19. The Kier molecular flexibility index (Phi) is 2.75. The van der Waals surface area contributed by atoms with Gasteiger partial charge in [-0.05, 0) is 29.7 Å². The molecule has 0 fully saturated rings. The maximum atomic E-state index is 13.8. The van der Waals surface area contributed by atoms with Crippen LogP contribution >= 0.6 is 0 Å². The van der Waals surface area contributed by atoms with Gasteiger partial charge < -0.3 is 5.73 Å². The Balaban J connectivity index is 2.39. The van der Waals surface area contributed by atoms with Crippen molar-refractivity contribution in [2.24, 2.45) is 0 Å². The minimum Gasteiger partial charge on any atom is -0.385 e. The first-order valence-corrected chi connectivity index (χ1v) is 5.93. The predicted molar refractivity (Wildman–Crippen MR) is 73.9 cm³/mol. The average molecular weight is 272 g/mol. The molecule has 0 bridgehead atoms. The molecule has 0 radical (unpaired) electrons. The summed E-state index contributed by atoms with van der Waals surface area (Å²) in [5, 5.41) is 1.10. The second-order valence-corrected chi connectivity index (χ2v) is 4.39. The van der Waals surface area contributed by atoms with Crippen LogP contribution in [-0.2, 0) is 0 Å². The second kappa shape index (κ2) is 4.45. The number of fused-ring (bicyclic) bond motifs is 1. The minimum absolute atomic E-state index is 0.0698. The molecule has 1 heterocycles. The lowest BCUT2D eigenvalue weighted by molar-refractivity contribution is 0.577. The first-order valence-electron chi connectivity index (χ1n) is 5.93. The standard InChI is InChI=1S/C15H10F2N2O/c16-10-5-6-13(12(17)8-10)19-14(18)7-9-3-1-2-4-11(9)15(19)20/h1-8H,18H2. The predicted octanol–water partition coefficient (Wildman–Crippen LogP) is 2.85. The van der Waals surface area contributed by atoms with Crippen molar-refractivity contribution in [3.05, 3.63) is 70.5 Å². The Morgan fingerprint density at radius 2 is 1.75 bits per heavy atom. The average Bonchev–Trinajstić information content (AvgIpc) is 2.41. The van der Waals surface area contributed by atoms with Gasteiger partial charge >= 0.3 is 0 Å². The highest BCUT2D eigenvalue weighted by atomic mass is 19.1. The quantitative estimate of drug-likeness (QED) is 0.740. The fourth-order valence-electron chi connectivity index (χ4n) is 2.19. The van der Waals surface area contributed by atoms with Gasteiger partial charge in [-0.25, -0.2) is 8.78 Å². The van der Waals surface area contributed by atoms with Crippen molar-refractivity contribution in [3.63, 3.8) is 0 Å². The minimum atomic E-state index is -0.839. The molecule has 20 heavy (non-hydrogen) atoms. The Morgan fingerprint density at radius 1 is 1.00 bits per heavy atom. The number of hydrogen-bond acceptors (Lipinski definition) is 2. The van der Waals surface area contributed by atoms with Crippen molar-refractivity contribution in [1.82, 2.24) is 4.57 Å². The number of pyridine rings is 1. The third kappa shape index (κ3) is 1.84. The van der Waals surface area contributed by atoms with Gasteiger partial charge in [0.1, 0.15) is 17.5 Å². The summed E-state index contributed by atoms with van der Waals surface area (Å²) in [5.74, 6) is -1.45. The molecule has 0 atom stereocenters. The summed E-state index contributed by atoms with van der Waals surface area (Å²) < 4.78 is 27.8. The summed E-state index contributed by atoms with van der Waals surface area (Å²) in [4.78, 5) is 12.4. The summed E-state index contributed by atoms with van der Waals surface area (Å²) in [6.07, 6.45) is 0. The fraction of sp³-hybridized carbons (Fsp3) is 0. The van der Waals surface area contributed by atoms with E-state index in [9.17, 15) is 13.6 Å². The number of anilines is 1. The SMILES string of the molecule is Nc1cc2ccccc2c(=O)n1-c1ccc(F)cc1F. The van der Waals surface area contributed by atoms with Gasteiger partial charge in [0.2, 0.25) is 0 Å². The van der Waals surface area contributed by atoms with Gasteiger partial charge in [0.15, 0.2) is 0 Å². The zero-order valence-corrected chi connectivity index (χ0v) is 10.3. The largest absolute Gasteiger partial charge is 0.385 e. The van der Waals surface area contributed by atoms with Crippen molar-refractivity contribution < 1.29 is 8.78 Å². The van der Waals surface area contributed by atoms with Crippen LogP contribution < -0.4 is 11.3 Å².